The molecule has 0 aromatic heterocycles. The van der Waals surface area contributed by atoms with Gasteiger partial charge < -0.3 is 19.3 Å². The van der Waals surface area contributed by atoms with Gasteiger partial charge >= 0.3 is 0 Å². The standard InChI is InChI=1S/C23H32ClN3O4/c24-19-5-7-20(8-6-19)31-17-21(28)25-9-11-26(12-10-25)22(18-3-1-2-4-18)23(29)27-13-15-30-16-14-27/h5-8,18,22H,1-4,9-17H2/t22-/m0/s1. The number of halogens is 1. The fourth-order valence-electron chi connectivity index (χ4n) is 4.92. The van der Waals surface area contributed by atoms with E-state index in [2.05, 4.69) is 4.90 Å². The normalized spacial score (nSPS) is 21.8. The molecular formula is C23H32ClN3O4. The highest BCUT2D eigenvalue weighted by Gasteiger charge is 2.39. The topological polar surface area (TPSA) is 62.3 Å². The fourth-order valence-corrected chi connectivity index (χ4v) is 5.04. The van der Waals surface area contributed by atoms with Crippen LogP contribution in [0.5, 0.6) is 5.75 Å². The zero-order valence-corrected chi connectivity index (χ0v) is 18.8. The van der Waals surface area contributed by atoms with E-state index >= 15 is 0 Å². The maximum absolute atomic E-state index is 13.4. The molecule has 2 aliphatic heterocycles. The Hall–Kier alpha value is -1.83. The molecule has 1 aromatic rings. The van der Waals surface area contributed by atoms with Crippen LogP contribution in [0.3, 0.4) is 0 Å². The highest BCUT2D eigenvalue weighted by Crippen LogP contribution is 2.32. The SMILES string of the molecule is O=C(COc1ccc(Cl)cc1)N1CCN([C@H](C(=O)N2CCOCC2)C2CCCC2)CC1. The first-order valence-corrected chi connectivity index (χ1v) is 11.8. The first-order chi connectivity index (χ1) is 15.1. The Bertz CT molecular complexity index is 740. The number of carbonyl (C=O) groups excluding carboxylic acids is 2. The fraction of sp³-hybridized carbons (Fsp3) is 0.652. The molecule has 1 aromatic carbocycles. The van der Waals surface area contributed by atoms with Crippen molar-refractivity contribution in [1.82, 2.24) is 14.7 Å². The van der Waals surface area contributed by atoms with Crippen LogP contribution in [0.25, 0.3) is 0 Å². The minimum atomic E-state index is -0.0665. The van der Waals surface area contributed by atoms with Crippen LogP contribution in [0.2, 0.25) is 5.02 Å². The molecule has 0 bridgehead atoms. The third-order valence-electron chi connectivity index (χ3n) is 6.66. The molecule has 2 heterocycles. The van der Waals surface area contributed by atoms with Crippen molar-refractivity contribution in [1.29, 1.82) is 0 Å². The molecule has 1 aliphatic carbocycles. The molecule has 0 spiro atoms. The lowest BCUT2D eigenvalue weighted by Crippen LogP contribution is -2.59. The van der Waals surface area contributed by atoms with Crippen molar-refractivity contribution in [3.63, 3.8) is 0 Å². The van der Waals surface area contributed by atoms with Gasteiger partial charge in [-0.25, -0.2) is 0 Å². The molecule has 0 radical (unpaired) electrons. The predicted octanol–water partition coefficient (Wildman–Crippen LogP) is 2.28. The van der Waals surface area contributed by atoms with Gasteiger partial charge in [0.15, 0.2) is 6.61 Å². The van der Waals surface area contributed by atoms with Crippen LogP contribution in [0.4, 0.5) is 0 Å². The number of ether oxygens (including phenoxy) is 2. The van der Waals surface area contributed by atoms with Crippen LogP contribution < -0.4 is 4.74 Å². The molecule has 0 N–H and O–H groups in total. The summed E-state index contributed by atoms with van der Waals surface area (Å²) in [6.07, 6.45) is 4.65. The molecule has 170 valence electrons. The third-order valence-corrected chi connectivity index (χ3v) is 6.91. The summed E-state index contributed by atoms with van der Waals surface area (Å²) >= 11 is 5.89. The number of rotatable bonds is 6. The van der Waals surface area contributed by atoms with Crippen LogP contribution in [0.15, 0.2) is 24.3 Å². The van der Waals surface area contributed by atoms with Crippen LogP contribution in [-0.2, 0) is 14.3 Å². The van der Waals surface area contributed by atoms with Crippen molar-refractivity contribution in [2.75, 3.05) is 59.1 Å². The van der Waals surface area contributed by atoms with Gasteiger partial charge in [-0.3, -0.25) is 14.5 Å². The Morgan fingerprint density at radius 1 is 0.968 bits per heavy atom. The molecule has 2 amide bonds. The Balaban J connectivity index is 1.31. The quantitative estimate of drug-likeness (QED) is 0.666. The summed E-state index contributed by atoms with van der Waals surface area (Å²) in [5.41, 5.74) is 0. The first kappa shape index (κ1) is 22.4. The maximum atomic E-state index is 13.4. The summed E-state index contributed by atoms with van der Waals surface area (Å²) in [6, 6.07) is 6.94. The van der Waals surface area contributed by atoms with Gasteiger partial charge in [-0.15, -0.1) is 0 Å². The van der Waals surface area contributed by atoms with E-state index < -0.39 is 0 Å². The molecule has 1 saturated carbocycles. The molecule has 31 heavy (non-hydrogen) atoms. The molecular weight excluding hydrogens is 418 g/mol. The number of carbonyl (C=O) groups is 2. The van der Waals surface area contributed by atoms with Gasteiger partial charge in [0, 0.05) is 44.3 Å². The van der Waals surface area contributed by atoms with E-state index in [-0.39, 0.29) is 24.5 Å². The Morgan fingerprint density at radius 3 is 2.26 bits per heavy atom. The van der Waals surface area contributed by atoms with E-state index in [4.69, 9.17) is 21.1 Å². The lowest BCUT2D eigenvalue weighted by Gasteiger charge is -2.43. The monoisotopic (exact) mass is 449 g/mol. The smallest absolute Gasteiger partial charge is 0.260 e. The average molecular weight is 450 g/mol. The molecule has 7 nitrogen and oxygen atoms in total. The molecule has 2 saturated heterocycles. The summed E-state index contributed by atoms with van der Waals surface area (Å²) in [5.74, 6) is 1.28. The Morgan fingerprint density at radius 2 is 1.61 bits per heavy atom. The van der Waals surface area contributed by atoms with Crippen molar-refractivity contribution in [2.24, 2.45) is 5.92 Å². The summed E-state index contributed by atoms with van der Waals surface area (Å²) in [5, 5.41) is 0.637. The van der Waals surface area contributed by atoms with Crippen molar-refractivity contribution in [3.05, 3.63) is 29.3 Å². The second-order valence-corrected chi connectivity index (χ2v) is 9.02. The molecule has 3 aliphatic rings. The van der Waals surface area contributed by atoms with Gasteiger partial charge in [-0.1, -0.05) is 24.4 Å². The predicted molar refractivity (Wildman–Crippen MR) is 118 cm³/mol. The second-order valence-electron chi connectivity index (χ2n) is 8.59. The van der Waals surface area contributed by atoms with Gasteiger partial charge in [-0.2, -0.15) is 0 Å². The lowest BCUT2D eigenvalue weighted by atomic mass is 9.94. The maximum Gasteiger partial charge on any atom is 0.260 e. The van der Waals surface area contributed by atoms with Gasteiger partial charge in [0.25, 0.3) is 5.91 Å². The number of benzene rings is 1. The van der Waals surface area contributed by atoms with Gasteiger partial charge in [0.05, 0.1) is 19.3 Å². The number of hydrogen-bond acceptors (Lipinski definition) is 5. The largest absolute Gasteiger partial charge is 0.484 e. The number of hydrogen-bond donors (Lipinski definition) is 0. The van der Waals surface area contributed by atoms with E-state index in [0.717, 1.165) is 25.9 Å². The van der Waals surface area contributed by atoms with Crippen molar-refractivity contribution in [3.8, 4) is 5.75 Å². The zero-order chi connectivity index (χ0) is 21.6. The number of nitrogens with zero attached hydrogens (tertiary/aromatic N) is 3. The highest BCUT2D eigenvalue weighted by molar-refractivity contribution is 6.30. The van der Waals surface area contributed by atoms with Crippen LogP contribution >= 0.6 is 11.6 Å². The first-order valence-electron chi connectivity index (χ1n) is 11.4. The van der Waals surface area contributed by atoms with E-state index in [9.17, 15) is 9.59 Å². The second kappa shape index (κ2) is 10.7. The molecule has 3 fully saturated rings. The Kier molecular flexibility index (Phi) is 7.69. The number of piperazine rings is 1. The van der Waals surface area contributed by atoms with Crippen molar-refractivity contribution >= 4 is 23.4 Å². The summed E-state index contributed by atoms with van der Waals surface area (Å²) in [7, 11) is 0. The van der Waals surface area contributed by atoms with Gasteiger partial charge in [0.2, 0.25) is 5.91 Å². The molecule has 8 heteroatoms. The highest BCUT2D eigenvalue weighted by atomic mass is 35.5. The van der Waals surface area contributed by atoms with Crippen molar-refractivity contribution < 1.29 is 19.1 Å². The minimum Gasteiger partial charge on any atom is -0.484 e. The minimum absolute atomic E-state index is 0.0143. The number of amides is 2. The van der Waals surface area contributed by atoms with E-state index in [1.807, 2.05) is 9.80 Å². The van der Waals surface area contributed by atoms with E-state index in [0.29, 0.717) is 56.1 Å². The Labute approximate surface area is 189 Å². The lowest BCUT2D eigenvalue weighted by molar-refractivity contribution is -0.145. The zero-order valence-electron chi connectivity index (χ0n) is 18.0. The van der Waals surface area contributed by atoms with Gasteiger partial charge in [0.1, 0.15) is 5.75 Å². The van der Waals surface area contributed by atoms with Crippen LogP contribution in [0, 0.1) is 5.92 Å². The summed E-state index contributed by atoms with van der Waals surface area (Å²) in [6.45, 7) is 5.34. The van der Waals surface area contributed by atoms with Crippen LogP contribution in [-0.4, -0.2) is 91.6 Å². The van der Waals surface area contributed by atoms with Gasteiger partial charge in [-0.05, 0) is 43.0 Å². The number of morpholine rings is 1. The van der Waals surface area contributed by atoms with Crippen molar-refractivity contribution in [2.45, 2.75) is 31.7 Å². The van der Waals surface area contributed by atoms with E-state index in [1.165, 1.54) is 12.8 Å². The molecule has 4 rings (SSSR count). The molecule has 1 atom stereocenters. The summed E-state index contributed by atoms with van der Waals surface area (Å²) in [4.78, 5) is 32.2. The molecule has 0 unspecified atom stereocenters. The summed E-state index contributed by atoms with van der Waals surface area (Å²) < 4.78 is 11.0. The average Bonchev–Trinajstić information content (AvgIpc) is 3.34. The van der Waals surface area contributed by atoms with Crippen LogP contribution in [0.1, 0.15) is 25.7 Å². The van der Waals surface area contributed by atoms with E-state index in [1.54, 1.807) is 24.3 Å². The third kappa shape index (κ3) is 5.70.